The Balaban J connectivity index is 2.02. The number of fused-ring (bicyclic) bond motifs is 1. The Morgan fingerprint density at radius 2 is 2.30 bits per heavy atom. The second-order valence-electron chi connectivity index (χ2n) is 5.22. The second kappa shape index (κ2) is 5.34. The van der Waals surface area contributed by atoms with Crippen molar-refractivity contribution in [3.05, 3.63) is 46.2 Å². The van der Waals surface area contributed by atoms with Crippen LogP contribution in [0.15, 0.2) is 29.9 Å². The summed E-state index contributed by atoms with van der Waals surface area (Å²) in [5.74, 6) is 0. The summed E-state index contributed by atoms with van der Waals surface area (Å²) in [5, 5.41) is 4.38. The first kappa shape index (κ1) is 13.3. The molecule has 3 aromatic heterocycles. The van der Waals surface area contributed by atoms with Gasteiger partial charge in [-0.1, -0.05) is 0 Å². The first-order valence-corrected chi connectivity index (χ1v) is 7.61. The van der Waals surface area contributed by atoms with Crippen LogP contribution in [-0.2, 0) is 13.0 Å². The van der Waals surface area contributed by atoms with Gasteiger partial charge in [0, 0.05) is 34.9 Å². The number of hydrogen-bond donors (Lipinski definition) is 1. The van der Waals surface area contributed by atoms with E-state index >= 15 is 0 Å². The summed E-state index contributed by atoms with van der Waals surface area (Å²) in [6.45, 7) is 4.82. The van der Waals surface area contributed by atoms with E-state index in [0.717, 1.165) is 29.3 Å². The van der Waals surface area contributed by atoms with Gasteiger partial charge in [0.2, 0.25) is 0 Å². The first-order chi connectivity index (χ1) is 9.63. The fourth-order valence-electron chi connectivity index (χ4n) is 2.45. The summed E-state index contributed by atoms with van der Waals surface area (Å²) in [6, 6.07) is 4.24. The lowest BCUT2D eigenvalue weighted by atomic mass is 10.1. The van der Waals surface area contributed by atoms with E-state index in [1.165, 1.54) is 10.9 Å². The third-order valence-electron chi connectivity index (χ3n) is 3.23. The highest BCUT2D eigenvalue weighted by Gasteiger charge is 2.11. The standard InChI is InChI=1S/C15H18N4S/c1-10(16)6-12-7-19(8-14-18-11(2)9-20-14)15-13(12)4-3-5-17-15/h3-5,7,9-10H,6,8,16H2,1-2H3. The van der Waals surface area contributed by atoms with Crippen LogP contribution in [0.5, 0.6) is 0 Å². The van der Waals surface area contributed by atoms with E-state index in [1.54, 1.807) is 11.3 Å². The van der Waals surface area contributed by atoms with Gasteiger partial charge in [-0.3, -0.25) is 0 Å². The lowest BCUT2D eigenvalue weighted by Crippen LogP contribution is -2.17. The molecule has 3 rings (SSSR count). The minimum Gasteiger partial charge on any atom is -0.328 e. The third kappa shape index (κ3) is 2.59. The van der Waals surface area contributed by atoms with E-state index in [1.807, 2.05) is 26.1 Å². The monoisotopic (exact) mass is 286 g/mol. The van der Waals surface area contributed by atoms with Gasteiger partial charge in [-0.05, 0) is 38.0 Å². The van der Waals surface area contributed by atoms with Crippen molar-refractivity contribution in [1.82, 2.24) is 14.5 Å². The number of nitrogens with two attached hydrogens (primary N) is 1. The molecule has 1 unspecified atom stereocenters. The molecule has 0 bridgehead atoms. The van der Waals surface area contributed by atoms with Crippen molar-refractivity contribution in [3.8, 4) is 0 Å². The summed E-state index contributed by atoms with van der Waals surface area (Å²) in [4.78, 5) is 9.04. The molecule has 20 heavy (non-hydrogen) atoms. The predicted molar refractivity (Wildman–Crippen MR) is 83.0 cm³/mol. The van der Waals surface area contributed by atoms with E-state index in [0.29, 0.717) is 0 Å². The third-order valence-corrected chi connectivity index (χ3v) is 4.18. The Morgan fingerprint density at radius 1 is 1.45 bits per heavy atom. The number of aromatic nitrogens is 3. The summed E-state index contributed by atoms with van der Waals surface area (Å²) in [7, 11) is 0. The SMILES string of the molecule is Cc1csc(Cn2cc(CC(C)N)c3cccnc32)n1. The Morgan fingerprint density at radius 3 is 3.00 bits per heavy atom. The van der Waals surface area contributed by atoms with Crippen molar-refractivity contribution in [1.29, 1.82) is 0 Å². The molecule has 2 N–H and O–H groups in total. The van der Waals surface area contributed by atoms with Crippen LogP contribution in [0.3, 0.4) is 0 Å². The molecule has 4 nitrogen and oxygen atoms in total. The zero-order valence-electron chi connectivity index (χ0n) is 11.7. The summed E-state index contributed by atoms with van der Waals surface area (Å²) >= 11 is 1.69. The van der Waals surface area contributed by atoms with Gasteiger partial charge >= 0.3 is 0 Å². The highest BCUT2D eigenvalue weighted by molar-refractivity contribution is 7.09. The minimum atomic E-state index is 0.149. The Labute approximate surface area is 122 Å². The van der Waals surface area contributed by atoms with Gasteiger partial charge in [0.15, 0.2) is 0 Å². The van der Waals surface area contributed by atoms with Crippen molar-refractivity contribution >= 4 is 22.4 Å². The molecule has 1 atom stereocenters. The molecule has 0 spiro atoms. The largest absolute Gasteiger partial charge is 0.328 e. The number of thiazole rings is 1. The van der Waals surface area contributed by atoms with Crippen LogP contribution in [0, 0.1) is 6.92 Å². The molecule has 0 aliphatic rings. The molecule has 0 saturated heterocycles. The van der Waals surface area contributed by atoms with E-state index in [9.17, 15) is 0 Å². The molecule has 0 aliphatic carbocycles. The molecule has 104 valence electrons. The van der Waals surface area contributed by atoms with Crippen LogP contribution in [0.4, 0.5) is 0 Å². The molecule has 0 saturated carbocycles. The fourth-order valence-corrected chi connectivity index (χ4v) is 3.22. The number of rotatable bonds is 4. The summed E-state index contributed by atoms with van der Waals surface area (Å²) < 4.78 is 2.17. The average Bonchev–Trinajstić information content (AvgIpc) is 2.95. The van der Waals surface area contributed by atoms with Gasteiger partial charge < -0.3 is 10.3 Å². The zero-order valence-corrected chi connectivity index (χ0v) is 12.5. The molecule has 3 heterocycles. The lowest BCUT2D eigenvalue weighted by Gasteiger charge is -2.02. The maximum atomic E-state index is 5.94. The van der Waals surface area contributed by atoms with Gasteiger partial charge in [0.25, 0.3) is 0 Å². The van der Waals surface area contributed by atoms with Gasteiger partial charge in [-0.25, -0.2) is 9.97 Å². The average molecular weight is 286 g/mol. The van der Waals surface area contributed by atoms with E-state index in [-0.39, 0.29) is 6.04 Å². The Bertz CT molecular complexity index is 726. The van der Waals surface area contributed by atoms with Crippen LogP contribution in [0.2, 0.25) is 0 Å². The van der Waals surface area contributed by atoms with Crippen LogP contribution in [-0.4, -0.2) is 20.6 Å². The molecule has 0 aliphatic heterocycles. The normalized spacial score (nSPS) is 12.9. The minimum absolute atomic E-state index is 0.149. The molecule has 3 aromatic rings. The zero-order chi connectivity index (χ0) is 14.1. The predicted octanol–water partition coefficient (Wildman–Crippen LogP) is 2.74. The second-order valence-corrected chi connectivity index (χ2v) is 6.16. The topological polar surface area (TPSA) is 56.7 Å². The van der Waals surface area contributed by atoms with Gasteiger partial charge in [0.05, 0.1) is 6.54 Å². The molecule has 0 fully saturated rings. The van der Waals surface area contributed by atoms with Crippen molar-refractivity contribution in [3.63, 3.8) is 0 Å². The van der Waals surface area contributed by atoms with Crippen LogP contribution < -0.4 is 5.73 Å². The molecule has 0 amide bonds. The molecule has 0 radical (unpaired) electrons. The van der Waals surface area contributed by atoms with E-state index in [4.69, 9.17) is 5.73 Å². The first-order valence-electron chi connectivity index (χ1n) is 6.73. The number of aryl methyl sites for hydroxylation is 1. The van der Waals surface area contributed by atoms with Crippen LogP contribution in [0.1, 0.15) is 23.2 Å². The van der Waals surface area contributed by atoms with Crippen LogP contribution >= 0.6 is 11.3 Å². The highest BCUT2D eigenvalue weighted by Crippen LogP contribution is 2.22. The maximum absolute atomic E-state index is 5.94. The quantitative estimate of drug-likeness (QED) is 0.802. The van der Waals surface area contributed by atoms with Crippen LogP contribution in [0.25, 0.3) is 11.0 Å². The smallest absolute Gasteiger partial charge is 0.140 e. The molecular weight excluding hydrogens is 268 g/mol. The molecular formula is C15H18N4S. The maximum Gasteiger partial charge on any atom is 0.140 e. The molecule has 5 heteroatoms. The molecule has 0 aromatic carbocycles. The number of pyridine rings is 1. The van der Waals surface area contributed by atoms with E-state index < -0.39 is 0 Å². The number of nitrogens with zero attached hydrogens (tertiary/aromatic N) is 3. The van der Waals surface area contributed by atoms with Crippen molar-refractivity contribution in [2.45, 2.75) is 32.9 Å². The van der Waals surface area contributed by atoms with Crippen molar-refractivity contribution in [2.24, 2.45) is 5.73 Å². The number of hydrogen-bond acceptors (Lipinski definition) is 4. The Kier molecular flexibility index (Phi) is 3.54. The fraction of sp³-hybridized carbons (Fsp3) is 0.333. The van der Waals surface area contributed by atoms with E-state index in [2.05, 4.69) is 32.2 Å². The van der Waals surface area contributed by atoms with Gasteiger partial charge in [-0.2, -0.15) is 0 Å². The van der Waals surface area contributed by atoms with Crippen molar-refractivity contribution in [2.75, 3.05) is 0 Å². The summed E-state index contributed by atoms with van der Waals surface area (Å²) in [5.41, 5.74) is 9.29. The summed E-state index contributed by atoms with van der Waals surface area (Å²) in [6.07, 6.45) is 4.87. The Hall–Kier alpha value is -1.72. The van der Waals surface area contributed by atoms with Gasteiger partial charge in [0.1, 0.15) is 10.7 Å². The van der Waals surface area contributed by atoms with Crippen molar-refractivity contribution < 1.29 is 0 Å². The lowest BCUT2D eigenvalue weighted by molar-refractivity contribution is 0.734. The highest BCUT2D eigenvalue weighted by atomic mass is 32.1. The van der Waals surface area contributed by atoms with Gasteiger partial charge in [-0.15, -0.1) is 11.3 Å².